The first kappa shape index (κ1) is 24.4. The highest BCUT2D eigenvalue weighted by Gasteiger charge is 2.39. The number of benzene rings is 2. The lowest BCUT2D eigenvalue weighted by Crippen LogP contribution is -2.46. The van der Waals surface area contributed by atoms with Crippen molar-refractivity contribution in [2.24, 2.45) is 0 Å². The van der Waals surface area contributed by atoms with E-state index in [1.165, 1.54) is 10.5 Å². The van der Waals surface area contributed by atoms with Crippen LogP contribution in [0.1, 0.15) is 31.7 Å². The van der Waals surface area contributed by atoms with E-state index in [0.29, 0.717) is 12.3 Å². The zero-order valence-corrected chi connectivity index (χ0v) is 20.1. The number of carbonyl (C=O) groups is 2. The van der Waals surface area contributed by atoms with Gasteiger partial charge in [-0.3, -0.25) is 14.5 Å². The fourth-order valence-electron chi connectivity index (χ4n) is 4.57. The lowest BCUT2D eigenvalue weighted by Gasteiger charge is -2.34. The summed E-state index contributed by atoms with van der Waals surface area (Å²) in [4.78, 5) is 31.7. The zero-order valence-electron chi connectivity index (χ0n) is 20.1. The van der Waals surface area contributed by atoms with E-state index in [2.05, 4.69) is 52.4 Å². The molecule has 2 heterocycles. The molecule has 1 unspecified atom stereocenters. The van der Waals surface area contributed by atoms with Crippen LogP contribution in [0.2, 0.25) is 0 Å². The third-order valence-electron chi connectivity index (χ3n) is 6.47. The van der Waals surface area contributed by atoms with Crippen molar-refractivity contribution < 1.29 is 14.3 Å². The molecule has 2 aromatic carbocycles. The topological polar surface area (TPSA) is 65.1 Å². The Morgan fingerprint density at radius 2 is 1.65 bits per heavy atom. The maximum atomic E-state index is 12.9. The maximum Gasteiger partial charge on any atom is 0.251 e. The first-order chi connectivity index (χ1) is 16.6. The number of imide groups is 1. The van der Waals surface area contributed by atoms with Crippen molar-refractivity contribution in [1.29, 1.82) is 0 Å². The van der Waals surface area contributed by atoms with Gasteiger partial charge in [-0.05, 0) is 55.8 Å². The Hall–Kier alpha value is -2.74. The maximum absolute atomic E-state index is 12.9. The fourth-order valence-corrected chi connectivity index (χ4v) is 4.57. The second-order valence-corrected chi connectivity index (χ2v) is 9.08. The van der Waals surface area contributed by atoms with Gasteiger partial charge >= 0.3 is 0 Å². The van der Waals surface area contributed by atoms with Gasteiger partial charge in [-0.1, -0.05) is 37.3 Å². The molecule has 7 heteroatoms. The summed E-state index contributed by atoms with van der Waals surface area (Å²) in [6.07, 6.45) is 2.11. The SMILES string of the molecule is CCCOc1ccc(N2C(=O)CC(NCCCN3CCN(Cc4ccccc4)CC3)C2=O)cc1. The molecule has 4 rings (SSSR count). The first-order valence-corrected chi connectivity index (χ1v) is 12.5. The van der Waals surface area contributed by atoms with E-state index in [0.717, 1.165) is 64.4 Å². The number of anilines is 1. The van der Waals surface area contributed by atoms with Crippen molar-refractivity contribution in [1.82, 2.24) is 15.1 Å². The van der Waals surface area contributed by atoms with Crippen LogP contribution in [0.5, 0.6) is 5.75 Å². The molecule has 7 nitrogen and oxygen atoms in total. The van der Waals surface area contributed by atoms with Gasteiger partial charge in [0.15, 0.2) is 0 Å². The van der Waals surface area contributed by atoms with Crippen LogP contribution in [-0.4, -0.2) is 73.5 Å². The van der Waals surface area contributed by atoms with Gasteiger partial charge in [0.2, 0.25) is 5.91 Å². The number of nitrogens with one attached hydrogen (secondary N) is 1. The Balaban J connectivity index is 1.16. The van der Waals surface area contributed by atoms with Gasteiger partial charge in [-0.15, -0.1) is 0 Å². The van der Waals surface area contributed by atoms with E-state index in [1.807, 2.05) is 12.1 Å². The summed E-state index contributed by atoms with van der Waals surface area (Å²) >= 11 is 0. The highest BCUT2D eigenvalue weighted by Crippen LogP contribution is 2.25. The van der Waals surface area contributed by atoms with Crippen molar-refractivity contribution in [2.75, 3.05) is 50.8 Å². The zero-order chi connectivity index (χ0) is 23.8. The summed E-state index contributed by atoms with van der Waals surface area (Å²) in [6.45, 7) is 9.74. The highest BCUT2D eigenvalue weighted by molar-refractivity contribution is 6.22. The number of rotatable bonds is 11. The van der Waals surface area contributed by atoms with Crippen LogP contribution >= 0.6 is 0 Å². The summed E-state index contributed by atoms with van der Waals surface area (Å²) < 4.78 is 5.59. The van der Waals surface area contributed by atoms with Gasteiger partial charge in [0.1, 0.15) is 5.75 Å². The molecule has 0 saturated carbocycles. The van der Waals surface area contributed by atoms with Gasteiger partial charge in [-0.2, -0.15) is 0 Å². The number of piperazine rings is 1. The predicted octanol–water partition coefficient (Wildman–Crippen LogP) is 2.90. The smallest absolute Gasteiger partial charge is 0.251 e. The van der Waals surface area contributed by atoms with Crippen LogP contribution in [0.15, 0.2) is 54.6 Å². The van der Waals surface area contributed by atoms with E-state index < -0.39 is 6.04 Å². The number of hydrogen-bond donors (Lipinski definition) is 1. The van der Waals surface area contributed by atoms with Crippen LogP contribution in [-0.2, 0) is 16.1 Å². The Kier molecular flexibility index (Phi) is 8.68. The molecule has 0 radical (unpaired) electrons. The molecular formula is C27H36N4O3. The summed E-state index contributed by atoms with van der Waals surface area (Å²) in [5.74, 6) is 0.432. The Morgan fingerprint density at radius 3 is 2.35 bits per heavy atom. The van der Waals surface area contributed by atoms with Crippen molar-refractivity contribution in [3.63, 3.8) is 0 Å². The predicted molar refractivity (Wildman–Crippen MR) is 134 cm³/mol. The Bertz CT molecular complexity index is 927. The molecule has 0 bridgehead atoms. The molecule has 182 valence electrons. The van der Waals surface area contributed by atoms with Gasteiger partial charge in [0.05, 0.1) is 24.8 Å². The van der Waals surface area contributed by atoms with Crippen LogP contribution in [0.25, 0.3) is 0 Å². The summed E-state index contributed by atoms with van der Waals surface area (Å²) in [5.41, 5.74) is 1.97. The van der Waals surface area contributed by atoms with Gasteiger partial charge in [0.25, 0.3) is 5.91 Å². The van der Waals surface area contributed by atoms with Crippen molar-refractivity contribution in [3.05, 3.63) is 60.2 Å². The molecule has 1 N–H and O–H groups in total. The monoisotopic (exact) mass is 464 g/mol. The van der Waals surface area contributed by atoms with Crippen molar-refractivity contribution in [3.8, 4) is 5.75 Å². The van der Waals surface area contributed by atoms with Gasteiger partial charge in [0, 0.05) is 32.7 Å². The van der Waals surface area contributed by atoms with E-state index in [1.54, 1.807) is 12.1 Å². The van der Waals surface area contributed by atoms with Crippen LogP contribution in [0.4, 0.5) is 5.69 Å². The number of carbonyl (C=O) groups excluding carboxylic acids is 2. The minimum absolute atomic E-state index is 0.153. The van der Waals surface area contributed by atoms with Crippen LogP contribution in [0.3, 0.4) is 0 Å². The Labute approximate surface area is 202 Å². The van der Waals surface area contributed by atoms with Crippen molar-refractivity contribution >= 4 is 17.5 Å². The molecular weight excluding hydrogens is 428 g/mol. The molecule has 2 fully saturated rings. The van der Waals surface area contributed by atoms with E-state index in [-0.39, 0.29) is 18.2 Å². The largest absolute Gasteiger partial charge is 0.494 e. The summed E-state index contributed by atoms with van der Waals surface area (Å²) in [6, 6.07) is 17.4. The molecule has 2 amide bonds. The molecule has 0 spiro atoms. The van der Waals surface area contributed by atoms with Crippen molar-refractivity contribution in [2.45, 2.75) is 38.8 Å². The third-order valence-corrected chi connectivity index (χ3v) is 6.47. The lowest BCUT2D eigenvalue weighted by atomic mass is 10.2. The van der Waals surface area contributed by atoms with Gasteiger partial charge < -0.3 is 15.0 Å². The van der Waals surface area contributed by atoms with E-state index in [9.17, 15) is 9.59 Å². The normalized spacial score (nSPS) is 19.7. The number of nitrogens with zero attached hydrogens (tertiary/aromatic N) is 3. The van der Waals surface area contributed by atoms with Crippen LogP contribution in [0, 0.1) is 0 Å². The average molecular weight is 465 g/mol. The third kappa shape index (κ3) is 6.44. The number of hydrogen-bond acceptors (Lipinski definition) is 6. The number of ether oxygens (including phenoxy) is 1. The molecule has 1 atom stereocenters. The van der Waals surface area contributed by atoms with E-state index in [4.69, 9.17) is 4.74 Å². The molecule has 2 saturated heterocycles. The standard InChI is InChI=1S/C27H36N4O3/c1-2-19-34-24-11-9-23(10-12-24)31-26(32)20-25(27(31)33)28-13-6-14-29-15-17-30(18-16-29)21-22-7-4-3-5-8-22/h3-5,7-12,25,28H,2,6,13-21H2,1H3. The second kappa shape index (κ2) is 12.1. The molecule has 0 aromatic heterocycles. The minimum atomic E-state index is -0.439. The van der Waals surface area contributed by atoms with Crippen LogP contribution < -0.4 is 15.0 Å². The van der Waals surface area contributed by atoms with Gasteiger partial charge in [-0.25, -0.2) is 4.90 Å². The summed E-state index contributed by atoms with van der Waals surface area (Å²) in [7, 11) is 0. The first-order valence-electron chi connectivity index (χ1n) is 12.5. The molecule has 0 aliphatic carbocycles. The summed E-state index contributed by atoms with van der Waals surface area (Å²) in [5, 5.41) is 3.31. The fraction of sp³-hybridized carbons (Fsp3) is 0.481. The minimum Gasteiger partial charge on any atom is -0.494 e. The number of amides is 2. The molecule has 2 aliphatic heterocycles. The van der Waals surface area contributed by atoms with E-state index >= 15 is 0 Å². The molecule has 2 aromatic rings. The molecule has 34 heavy (non-hydrogen) atoms. The Morgan fingerprint density at radius 1 is 0.941 bits per heavy atom. The molecule has 2 aliphatic rings. The quantitative estimate of drug-likeness (QED) is 0.408. The average Bonchev–Trinajstić information content (AvgIpc) is 3.15. The second-order valence-electron chi connectivity index (χ2n) is 9.08. The highest BCUT2D eigenvalue weighted by atomic mass is 16.5. The lowest BCUT2D eigenvalue weighted by molar-refractivity contribution is -0.121.